The van der Waals surface area contributed by atoms with Crippen LogP contribution >= 0.6 is 7.82 Å². The molecule has 0 aliphatic carbocycles. The van der Waals surface area contributed by atoms with Crippen molar-refractivity contribution in [1.82, 2.24) is 14.9 Å². The SMILES string of the molecule is Nc1ccn([C@@H]2O[C@H](COP(=O)(O)O[C@@]3(C(=O)O)C[C@H](O)[C@@H](NC(=O)OCc4ccccc4)[C@H]([C@H](O)[C@H](O)CO)O3)[C@@H](O)[C@H]2O)c(=O)n1. The number of nitrogens with one attached hydrogen (secondary N) is 1. The van der Waals surface area contributed by atoms with Crippen LogP contribution in [0.5, 0.6) is 0 Å². The summed E-state index contributed by atoms with van der Waals surface area (Å²) >= 11 is 0. The Hall–Kier alpha value is -3.57. The first-order valence-electron chi connectivity index (χ1n) is 14.2. The second kappa shape index (κ2) is 15.3. The number of phosphoric acid groups is 1. The standard InChI is InChI=1S/C26H35N4O17P/c27-16-6-7-30(24(39)28-16)22-20(36)19(35)15(45-22)11-44-48(41,42)47-26(23(37)38)8-13(32)17(21(46-26)18(34)14(33)9-31)29-25(40)43-10-12-4-2-1-3-5-12/h1-7,13-15,17-22,31-36H,8-11H2,(H,29,40)(H,37,38)(H,41,42)(H2,27,28,39)/t13-,14+,15+,17+,18+,19+,20+,21+,22+,26+/m0/s1. The van der Waals surface area contributed by atoms with Crippen LogP contribution in [0.1, 0.15) is 18.2 Å². The lowest BCUT2D eigenvalue weighted by Gasteiger charge is -2.46. The van der Waals surface area contributed by atoms with Gasteiger partial charge in [-0.05, 0) is 11.6 Å². The number of amides is 1. The monoisotopic (exact) mass is 706 g/mol. The minimum absolute atomic E-state index is 0.143. The molecule has 4 rings (SSSR count). The van der Waals surface area contributed by atoms with Crippen LogP contribution in [-0.4, -0.2) is 130 Å². The van der Waals surface area contributed by atoms with E-state index in [1.54, 1.807) is 30.3 Å². The zero-order valence-corrected chi connectivity index (χ0v) is 25.6. The van der Waals surface area contributed by atoms with Gasteiger partial charge in [0.25, 0.3) is 5.79 Å². The molecule has 48 heavy (non-hydrogen) atoms. The lowest BCUT2D eigenvalue weighted by atomic mass is 9.89. The molecule has 2 aliphatic rings. The summed E-state index contributed by atoms with van der Waals surface area (Å²) in [5.74, 6) is -5.55. The van der Waals surface area contributed by atoms with Gasteiger partial charge in [0.05, 0.1) is 25.4 Å². The number of hydrogen-bond donors (Lipinski definition) is 10. The Balaban J connectivity index is 1.48. The van der Waals surface area contributed by atoms with E-state index in [0.717, 1.165) is 10.8 Å². The van der Waals surface area contributed by atoms with E-state index >= 15 is 0 Å². The van der Waals surface area contributed by atoms with Crippen LogP contribution in [-0.2, 0) is 39.2 Å². The summed E-state index contributed by atoms with van der Waals surface area (Å²) in [6.45, 7) is -2.37. The van der Waals surface area contributed by atoms with Crippen molar-refractivity contribution in [3.63, 3.8) is 0 Å². The molecule has 1 amide bonds. The second-order valence-electron chi connectivity index (χ2n) is 10.8. The number of benzene rings is 1. The molecule has 0 saturated carbocycles. The van der Waals surface area contributed by atoms with Crippen LogP contribution < -0.4 is 16.7 Å². The van der Waals surface area contributed by atoms with Gasteiger partial charge < -0.3 is 65.9 Å². The van der Waals surface area contributed by atoms with Crippen molar-refractivity contribution in [2.24, 2.45) is 0 Å². The molecule has 11 atom stereocenters. The highest BCUT2D eigenvalue weighted by Gasteiger charge is 2.59. The van der Waals surface area contributed by atoms with E-state index < -0.39 is 106 Å². The first kappa shape index (κ1) is 37.3. The zero-order chi connectivity index (χ0) is 35.4. The van der Waals surface area contributed by atoms with Crippen molar-refractivity contribution in [2.45, 2.75) is 73.8 Å². The third kappa shape index (κ3) is 8.52. The summed E-state index contributed by atoms with van der Waals surface area (Å²) in [7, 11) is -5.59. The van der Waals surface area contributed by atoms with E-state index in [2.05, 4.69) is 10.3 Å². The third-order valence-corrected chi connectivity index (χ3v) is 8.44. The van der Waals surface area contributed by atoms with Gasteiger partial charge in [-0.2, -0.15) is 4.98 Å². The van der Waals surface area contributed by atoms with E-state index in [0.29, 0.717) is 5.56 Å². The van der Waals surface area contributed by atoms with Gasteiger partial charge in [-0.25, -0.2) is 23.5 Å². The minimum Gasteiger partial charge on any atom is -0.477 e. The Morgan fingerprint density at radius 3 is 2.48 bits per heavy atom. The van der Waals surface area contributed by atoms with Crippen molar-refractivity contribution in [2.75, 3.05) is 18.9 Å². The van der Waals surface area contributed by atoms with Gasteiger partial charge in [-0.1, -0.05) is 30.3 Å². The van der Waals surface area contributed by atoms with Crippen molar-refractivity contribution in [1.29, 1.82) is 0 Å². The number of carbonyl (C=O) groups is 2. The second-order valence-corrected chi connectivity index (χ2v) is 12.2. The topological polar surface area (TPSA) is 332 Å². The Morgan fingerprint density at radius 2 is 1.85 bits per heavy atom. The molecule has 0 radical (unpaired) electrons. The molecule has 0 spiro atoms. The van der Waals surface area contributed by atoms with Crippen LogP contribution in [0, 0.1) is 0 Å². The number of nitrogen functional groups attached to an aromatic ring is 1. The Bertz CT molecular complexity index is 1530. The molecule has 3 heterocycles. The van der Waals surface area contributed by atoms with Gasteiger partial charge in [-0.3, -0.25) is 9.09 Å². The molecule has 22 heteroatoms. The van der Waals surface area contributed by atoms with Crippen LogP contribution in [0.4, 0.5) is 10.6 Å². The van der Waals surface area contributed by atoms with Crippen molar-refractivity contribution in [3.05, 3.63) is 58.6 Å². The highest BCUT2D eigenvalue weighted by Crippen LogP contribution is 2.51. The van der Waals surface area contributed by atoms with Crippen LogP contribution in [0.15, 0.2) is 47.4 Å². The molecule has 2 aliphatic heterocycles. The predicted molar refractivity (Wildman–Crippen MR) is 154 cm³/mol. The highest BCUT2D eigenvalue weighted by atomic mass is 31.2. The number of aromatic nitrogens is 2. The molecule has 266 valence electrons. The summed E-state index contributed by atoms with van der Waals surface area (Å²) < 4.78 is 39.3. The third-order valence-electron chi connectivity index (χ3n) is 7.44. The number of nitrogens with zero attached hydrogens (tertiary/aromatic N) is 2. The van der Waals surface area contributed by atoms with E-state index in [1.165, 1.54) is 6.07 Å². The van der Waals surface area contributed by atoms with Crippen molar-refractivity contribution >= 4 is 25.7 Å². The summed E-state index contributed by atoms with van der Waals surface area (Å²) in [4.78, 5) is 51.1. The predicted octanol–water partition coefficient (Wildman–Crippen LogP) is -3.48. The first-order chi connectivity index (χ1) is 22.6. The molecular formula is C26H35N4O17P. The van der Waals surface area contributed by atoms with Gasteiger partial charge in [0.1, 0.15) is 49.0 Å². The van der Waals surface area contributed by atoms with Crippen LogP contribution in [0.3, 0.4) is 0 Å². The zero-order valence-electron chi connectivity index (χ0n) is 24.7. The number of carbonyl (C=O) groups excluding carboxylic acids is 1. The lowest BCUT2D eigenvalue weighted by molar-refractivity contribution is -0.288. The highest BCUT2D eigenvalue weighted by molar-refractivity contribution is 7.47. The first-order valence-corrected chi connectivity index (χ1v) is 15.6. The maximum absolute atomic E-state index is 13.0. The number of aliphatic hydroxyl groups is 6. The van der Waals surface area contributed by atoms with Gasteiger partial charge in [-0.15, -0.1) is 0 Å². The molecule has 1 aromatic heterocycles. The van der Waals surface area contributed by atoms with Crippen LogP contribution in [0.25, 0.3) is 0 Å². The number of nitrogens with two attached hydrogens (primary N) is 1. The Labute approximate surface area is 270 Å². The lowest BCUT2D eigenvalue weighted by Crippen LogP contribution is -2.67. The summed E-state index contributed by atoms with van der Waals surface area (Å²) in [6.07, 6.45) is -16.3. The average Bonchev–Trinajstić information content (AvgIpc) is 3.32. The molecular weight excluding hydrogens is 671 g/mol. The fourth-order valence-electron chi connectivity index (χ4n) is 4.98. The summed E-state index contributed by atoms with van der Waals surface area (Å²) in [5, 5.41) is 74.0. The number of anilines is 1. The van der Waals surface area contributed by atoms with E-state index in [1.807, 2.05) is 0 Å². The fourth-order valence-corrected chi connectivity index (χ4v) is 5.94. The quantitative estimate of drug-likeness (QED) is 0.0904. The number of hydrogen-bond acceptors (Lipinski definition) is 17. The molecule has 0 bridgehead atoms. The van der Waals surface area contributed by atoms with E-state index in [-0.39, 0.29) is 12.4 Å². The molecule has 21 nitrogen and oxygen atoms in total. The smallest absolute Gasteiger partial charge is 0.475 e. The number of carboxylic acid groups (broad SMARTS) is 1. The van der Waals surface area contributed by atoms with E-state index in [4.69, 9.17) is 29.0 Å². The van der Waals surface area contributed by atoms with Gasteiger partial charge in [0.15, 0.2) is 6.23 Å². The largest absolute Gasteiger partial charge is 0.477 e. The number of carboxylic acids is 1. The number of phosphoric ester groups is 1. The number of alkyl carbamates (subject to hydrolysis) is 1. The Morgan fingerprint density at radius 1 is 1.17 bits per heavy atom. The molecule has 2 saturated heterocycles. The van der Waals surface area contributed by atoms with Crippen molar-refractivity contribution < 1.29 is 78.1 Å². The number of ether oxygens (including phenoxy) is 3. The average molecular weight is 707 g/mol. The summed E-state index contributed by atoms with van der Waals surface area (Å²) in [5.41, 5.74) is 5.06. The number of aliphatic carboxylic acids is 1. The Kier molecular flexibility index (Phi) is 11.9. The molecule has 1 unspecified atom stereocenters. The van der Waals surface area contributed by atoms with Crippen molar-refractivity contribution in [3.8, 4) is 0 Å². The van der Waals surface area contributed by atoms with Gasteiger partial charge in [0, 0.05) is 12.6 Å². The number of rotatable bonds is 13. The normalized spacial score (nSPS) is 31.4. The summed E-state index contributed by atoms with van der Waals surface area (Å²) in [6, 6.07) is 7.83. The molecule has 2 fully saturated rings. The maximum Gasteiger partial charge on any atom is 0.475 e. The number of aliphatic hydroxyl groups excluding tert-OH is 6. The van der Waals surface area contributed by atoms with Crippen LogP contribution in [0.2, 0.25) is 0 Å². The van der Waals surface area contributed by atoms with Gasteiger partial charge in [0.2, 0.25) is 0 Å². The maximum atomic E-state index is 13.0. The van der Waals surface area contributed by atoms with Gasteiger partial charge >= 0.3 is 25.6 Å². The fraction of sp³-hybridized carbons (Fsp3) is 0.538. The minimum atomic E-state index is -5.59. The molecule has 2 aromatic rings. The van der Waals surface area contributed by atoms with E-state index in [9.17, 15) is 59.6 Å². The molecule has 11 N–H and O–H groups in total. The molecule has 1 aromatic carbocycles.